The number of carbonyl (C=O) groups is 3. The average Bonchev–Trinajstić information content (AvgIpc) is 3.01. The number of ether oxygens (including phenoxy) is 1. The molecule has 1 aromatic carbocycles. The van der Waals surface area contributed by atoms with Crippen LogP contribution >= 0.6 is 0 Å². The van der Waals surface area contributed by atoms with E-state index in [2.05, 4.69) is 0 Å². The summed E-state index contributed by atoms with van der Waals surface area (Å²) in [6, 6.07) is 7.73. The molecule has 1 heterocycles. The Kier molecular flexibility index (Phi) is 5.92. The highest BCUT2D eigenvalue weighted by Crippen LogP contribution is 2.46. The molecule has 28 heavy (non-hydrogen) atoms. The van der Waals surface area contributed by atoms with Gasteiger partial charge in [0.25, 0.3) is 0 Å². The molecular weight excluding hydrogens is 354 g/mol. The third-order valence-electron chi connectivity index (χ3n) is 6.17. The van der Waals surface area contributed by atoms with Gasteiger partial charge in [-0.25, -0.2) is 4.79 Å². The lowest BCUT2D eigenvalue weighted by molar-refractivity contribution is -0.156. The van der Waals surface area contributed by atoms with E-state index < -0.39 is 29.4 Å². The van der Waals surface area contributed by atoms with Crippen molar-refractivity contribution in [3.8, 4) is 0 Å². The molecule has 0 unspecified atom stereocenters. The zero-order chi connectivity index (χ0) is 20.5. The van der Waals surface area contributed by atoms with Crippen molar-refractivity contribution in [1.82, 2.24) is 4.90 Å². The minimum absolute atomic E-state index is 0.0711. The molecule has 0 radical (unpaired) electrons. The molecule has 1 amide bonds. The summed E-state index contributed by atoms with van der Waals surface area (Å²) in [4.78, 5) is 41.6. The second-order valence-corrected chi connectivity index (χ2v) is 9.11. The summed E-state index contributed by atoms with van der Waals surface area (Å²) in [7, 11) is 1.33. The fourth-order valence-electron chi connectivity index (χ4n) is 4.84. The highest BCUT2D eigenvalue weighted by Gasteiger charge is 2.58. The van der Waals surface area contributed by atoms with Gasteiger partial charge in [0, 0.05) is 5.92 Å². The largest absolute Gasteiger partial charge is 0.467 e. The van der Waals surface area contributed by atoms with E-state index in [9.17, 15) is 14.4 Å². The quantitative estimate of drug-likeness (QED) is 0.740. The van der Waals surface area contributed by atoms with E-state index in [1.807, 2.05) is 51.1 Å². The Balaban J connectivity index is 2.10. The van der Waals surface area contributed by atoms with Crippen molar-refractivity contribution in [2.45, 2.75) is 65.0 Å². The van der Waals surface area contributed by atoms with Crippen LogP contribution in [-0.4, -0.2) is 35.7 Å². The van der Waals surface area contributed by atoms with E-state index >= 15 is 0 Å². The lowest BCUT2D eigenvalue weighted by Gasteiger charge is -2.35. The number of benzene rings is 1. The Morgan fingerprint density at radius 1 is 1.04 bits per heavy atom. The first-order valence-corrected chi connectivity index (χ1v) is 10.3. The zero-order valence-corrected chi connectivity index (χ0v) is 17.3. The van der Waals surface area contributed by atoms with Gasteiger partial charge in [0.2, 0.25) is 5.91 Å². The van der Waals surface area contributed by atoms with Gasteiger partial charge in [0.1, 0.15) is 12.1 Å². The topological polar surface area (TPSA) is 63.7 Å². The maximum Gasteiger partial charge on any atom is 0.329 e. The van der Waals surface area contributed by atoms with Crippen molar-refractivity contribution in [2.24, 2.45) is 17.3 Å². The van der Waals surface area contributed by atoms with Crippen LogP contribution < -0.4 is 0 Å². The van der Waals surface area contributed by atoms with Crippen LogP contribution in [0.2, 0.25) is 0 Å². The van der Waals surface area contributed by atoms with Gasteiger partial charge in [-0.1, -0.05) is 70.4 Å². The molecule has 1 saturated heterocycles. The predicted octanol–water partition coefficient (Wildman–Crippen LogP) is 3.92. The molecule has 0 aromatic heterocycles. The summed E-state index contributed by atoms with van der Waals surface area (Å²) < 4.78 is 5.07. The molecule has 1 aromatic rings. The number of carbonyl (C=O) groups excluding carboxylic acids is 3. The Morgan fingerprint density at radius 2 is 1.64 bits per heavy atom. The highest BCUT2D eigenvalue weighted by molar-refractivity contribution is 6.02. The van der Waals surface area contributed by atoms with Gasteiger partial charge < -0.3 is 9.64 Å². The number of likely N-dealkylation sites (tertiary alicyclic amines) is 1. The fourth-order valence-corrected chi connectivity index (χ4v) is 4.84. The number of amides is 1. The SMILES string of the molecule is COC(=O)[C@H]1[C@H](C(C)(C)C)C(=O)[C@@H](c2ccccc2)N1C(=O)C1CCCCC1. The summed E-state index contributed by atoms with van der Waals surface area (Å²) in [6.45, 7) is 5.84. The lowest BCUT2D eigenvalue weighted by Crippen LogP contribution is -2.49. The molecule has 0 spiro atoms. The number of esters is 1. The van der Waals surface area contributed by atoms with Crippen molar-refractivity contribution in [2.75, 3.05) is 7.11 Å². The first kappa shape index (κ1) is 20.6. The maximum atomic E-state index is 13.6. The second-order valence-electron chi connectivity index (χ2n) is 9.11. The van der Waals surface area contributed by atoms with Gasteiger partial charge in [0.05, 0.1) is 13.0 Å². The van der Waals surface area contributed by atoms with E-state index in [0.29, 0.717) is 0 Å². The molecule has 1 aliphatic carbocycles. The van der Waals surface area contributed by atoms with E-state index in [0.717, 1.165) is 37.7 Å². The van der Waals surface area contributed by atoms with Crippen molar-refractivity contribution >= 4 is 17.7 Å². The molecule has 3 atom stereocenters. The minimum Gasteiger partial charge on any atom is -0.467 e. The number of hydrogen-bond acceptors (Lipinski definition) is 4. The van der Waals surface area contributed by atoms with Crippen LogP contribution in [-0.2, 0) is 19.1 Å². The molecule has 5 nitrogen and oxygen atoms in total. The van der Waals surface area contributed by atoms with E-state index in [1.54, 1.807) is 4.90 Å². The van der Waals surface area contributed by atoms with Gasteiger partial charge in [0.15, 0.2) is 5.78 Å². The van der Waals surface area contributed by atoms with Crippen LogP contribution in [0.5, 0.6) is 0 Å². The smallest absolute Gasteiger partial charge is 0.329 e. The number of ketones is 1. The van der Waals surface area contributed by atoms with Crippen LogP contribution in [0.1, 0.15) is 64.5 Å². The highest BCUT2D eigenvalue weighted by atomic mass is 16.5. The molecule has 3 rings (SSSR count). The third-order valence-corrected chi connectivity index (χ3v) is 6.17. The van der Waals surface area contributed by atoms with Crippen LogP contribution in [0.25, 0.3) is 0 Å². The van der Waals surface area contributed by atoms with Crippen molar-refractivity contribution in [3.63, 3.8) is 0 Å². The minimum atomic E-state index is -0.878. The molecule has 1 aliphatic heterocycles. The fraction of sp³-hybridized carbons (Fsp3) is 0.609. The van der Waals surface area contributed by atoms with Crippen molar-refractivity contribution < 1.29 is 19.1 Å². The summed E-state index contributed by atoms with van der Waals surface area (Å²) >= 11 is 0. The monoisotopic (exact) mass is 385 g/mol. The van der Waals surface area contributed by atoms with Gasteiger partial charge >= 0.3 is 5.97 Å². The summed E-state index contributed by atoms with van der Waals surface area (Å²) in [5.41, 5.74) is 0.294. The molecule has 152 valence electrons. The van der Waals surface area contributed by atoms with Crippen LogP contribution in [0.4, 0.5) is 0 Å². The first-order chi connectivity index (χ1) is 13.3. The van der Waals surface area contributed by atoms with Crippen LogP contribution in [0, 0.1) is 17.3 Å². The normalized spacial score (nSPS) is 26.4. The number of rotatable bonds is 3. The lowest BCUT2D eigenvalue weighted by atomic mass is 9.74. The van der Waals surface area contributed by atoms with Gasteiger partial charge in [-0.2, -0.15) is 0 Å². The van der Waals surface area contributed by atoms with Crippen LogP contribution in [0.15, 0.2) is 30.3 Å². The predicted molar refractivity (Wildman–Crippen MR) is 106 cm³/mol. The Morgan fingerprint density at radius 3 is 2.18 bits per heavy atom. The van der Waals surface area contributed by atoms with Gasteiger partial charge in [-0.15, -0.1) is 0 Å². The molecule has 0 N–H and O–H groups in total. The van der Waals surface area contributed by atoms with Crippen molar-refractivity contribution in [1.29, 1.82) is 0 Å². The summed E-state index contributed by atoms with van der Waals surface area (Å²) in [5, 5.41) is 0. The molecule has 2 aliphatic rings. The Labute approximate surface area is 167 Å². The number of hydrogen-bond donors (Lipinski definition) is 0. The van der Waals surface area contributed by atoms with Gasteiger partial charge in [-0.05, 0) is 23.8 Å². The Bertz CT molecular complexity index is 731. The number of Topliss-reactive ketones (excluding diaryl/α,β-unsaturated/α-hetero) is 1. The zero-order valence-electron chi connectivity index (χ0n) is 17.3. The molecular formula is C23H31NO4. The number of nitrogens with zero attached hydrogens (tertiary/aromatic N) is 1. The first-order valence-electron chi connectivity index (χ1n) is 10.3. The van der Waals surface area contributed by atoms with E-state index in [1.165, 1.54) is 7.11 Å². The molecule has 5 heteroatoms. The molecule has 1 saturated carbocycles. The second kappa shape index (κ2) is 8.06. The maximum absolute atomic E-state index is 13.6. The third kappa shape index (κ3) is 3.71. The average molecular weight is 386 g/mol. The summed E-state index contributed by atoms with van der Waals surface area (Å²) in [6.07, 6.45) is 4.80. The van der Waals surface area contributed by atoms with Crippen molar-refractivity contribution in [3.05, 3.63) is 35.9 Å². The number of methoxy groups -OCH3 is 1. The molecule has 0 bridgehead atoms. The van der Waals surface area contributed by atoms with Gasteiger partial charge in [-0.3, -0.25) is 9.59 Å². The van der Waals surface area contributed by atoms with E-state index in [4.69, 9.17) is 4.74 Å². The standard InChI is InChI=1S/C23H31NO4/c1-23(2,3)17-19(22(27)28-4)24(21(26)16-13-9-6-10-14-16)18(20(17)25)15-11-7-5-8-12-15/h5,7-8,11-12,16-19H,6,9-10,13-14H2,1-4H3/t17-,18+,19+/m0/s1. The Hall–Kier alpha value is -2.17. The van der Waals surface area contributed by atoms with E-state index in [-0.39, 0.29) is 17.6 Å². The molecule has 2 fully saturated rings. The van der Waals surface area contributed by atoms with Crippen LogP contribution in [0.3, 0.4) is 0 Å². The summed E-state index contributed by atoms with van der Waals surface area (Å²) in [5.74, 6) is -1.38.